The normalized spacial score (nSPS) is 16.8. The van der Waals surface area contributed by atoms with Crippen LogP contribution in [0, 0.1) is 0 Å². The number of nitrogens with zero attached hydrogens (tertiary/aromatic N) is 2. The summed E-state index contributed by atoms with van der Waals surface area (Å²) in [5.41, 5.74) is 2.09. The Bertz CT molecular complexity index is 1210. The summed E-state index contributed by atoms with van der Waals surface area (Å²) in [6, 6.07) is 7.23. The number of carbonyl (C=O) groups is 1. The van der Waals surface area contributed by atoms with Crippen molar-refractivity contribution in [3.8, 4) is 17.2 Å². The average molecular weight is 469 g/mol. The second kappa shape index (κ2) is 8.27. The van der Waals surface area contributed by atoms with Gasteiger partial charge in [0.1, 0.15) is 11.3 Å². The summed E-state index contributed by atoms with van der Waals surface area (Å²) in [7, 11) is 4.30. The van der Waals surface area contributed by atoms with Gasteiger partial charge in [0, 0.05) is 54.5 Å². The highest BCUT2D eigenvalue weighted by Gasteiger charge is 2.52. The molecule has 0 radical (unpaired) electrons. The number of fused-ring (bicyclic) bond motifs is 1. The first kappa shape index (κ1) is 23.5. The number of hydrogen-bond acceptors (Lipinski definition) is 8. The van der Waals surface area contributed by atoms with E-state index in [9.17, 15) is 4.79 Å². The van der Waals surface area contributed by atoms with Crippen LogP contribution in [0.2, 0.25) is 0 Å². The first-order valence-electron chi connectivity index (χ1n) is 10.6. The predicted molar refractivity (Wildman–Crippen MR) is 132 cm³/mol. The van der Waals surface area contributed by atoms with Gasteiger partial charge >= 0.3 is 7.12 Å². The average Bonchev–Trinajstić information content (AvgIpc) is 3.25. The summed E-state index contributed by atoms with van der Waals surface area (Å²) < 4.78 is 25.7. The number of benzene rings is 1. The number of pyridine rings is 1. The fourth-order valence-corrected chi connectivity index (χ4v) is 3.98. The van der Waals surface area contributed by atoms with Crippen LogP contribution in [0.25, 0.3) is 22.3 Å². The number of rotatable bonds is 5. The minimum absolute atomic E-state index is 0.272. The van der Waals surface area contributed by atoms with Crippen LogP contribution < -0.4 is 19.8 Å². The van der Waals surface area contributed by atoms with Crippen molar-refractivity contribution in [2.75, 3.05) is 25.5 Å². The minimum Gasteiger partial charge on any atom is -0.481 e. The summed E-state index contributed by atoms with van der Waals surface area (Å²) in [5.74, 6) is 0.569. The topological polar surface area (TPSA) is 86.1 Å². The summed E-state index contributed by atoms with van der Waals surface area (Å²) in [6.07, 6.45) is 1.61. The predicted octanol–water partition coefficient (Wildman–Crippen LogP) is 3.44. The molecule has 2 aromatic heterocycles. The van der Waals surface area contributed by atoms with Gasteiger partial charge < -0.3 is 28.1 Å². The van der Waals surface area contributed by atoms with E-state index in [1.807, 2.05) is 46.9 Å². The quantitative estimate of drug-likeness (QED) is 0.437. The molecule has 1 aliphatic heterocycles. The maximum absolute atomic E-state index is 13.0. The molecule has 1 fully saturated rings. The molecule has 10 heteroatoms. The maximum atomic E-state index is 13.0. The van der Waals surface area contributed by atoms with Crippen molar-refractivity contribution >= 4 is 48.0 Å². The standard InChI is InChI=1S/C23H28BN3O5S/c1-22(2)23(3,4)32-24(31-22)15-11-14-17(12-16(15)27(6)33)30-20(19(14)21(28)25-5)13-8-9-26-18(10-13)29-7/h8-12,33H,1-7H3,(H,25,28). The summed E-state index contributed by atoms with van der Waals surface area (Å²) in [4.78, 5) is 17.1. The number of methoxy groups -OCH3 is 1. The van der Waals surface area contributed by atoms with Gasteiger partial charge in [-0.2, -0.15) is 0 Å². The van der Waals surface area contributed by atoms with Crippen molar-refractivity contribution in [2.45, 2.75) is 38.9 Å². The molecule has 3 heterocycles. The number of aromatic nitrogens is 1. The Morgan fingerprint density at radius 1 is 1.18 bits per heavy atom. The molecule has 1 aliphatic rings. The van der Waals surface area contributed by atoms with Gasteiger partial charge in [0.05, 0.1) is 23.9 Å². The first-order chi connectivity index (χ1) is 15.5. The van der Waals surface area contributed by atoms with Gasteiger partial charge in [0.2, 0.25) is 5.88 Å². The molecule has 4 rings (SSSR count). The van der Waals surface area contributed by atoms with Crippen LogP contribution in [0.1, 0.15) is 38.1 Å². The zero-order chi connectivity index (χ0) is 24.1. The molecule has 0 unspecified atom stereocenters. The Morgan fingerprint density at radius 2 is 1.85 bits per heavy atom. The largest absolute Gasteiger partial charge is 0.497 e. The van der Waals surface area contributed by atoms with Gasteiger partial charge in [-0.25, -0.2) is 4.98 Å². The van der Waals surface area contributed by atoms with Crippen molar-refractivity contribution in [1.29, 1.82) is 0 Å². The van der Waals surface area contributed by atoms with Crippen LogP contribution in [-0.4, -0.2) is 50.4 Å². The van der Waals surface area contributed by atoms with Gasteiger partial charge in [-0.15, -0.1) is 0 Å². The molecule has 174 valence electrons. The third-order valence-corrected chi connectivity index (χ3v) is 6.57. The highest BCUT2D eigenvalue weighted by atomic mass is 32.1. The Labute approximate surface area is 199 Å². The lowest BCUT2D eigenvalue weighted by molar-refractivity contribution is 0.00578. The molecule has 0 saturated carbocycles. The van der Waals surface area contributed by atoms with Crippen molar-refractivity contribution in [1.82, 2.24) is 10.3 Å². The third kappa shape index (κ3) is 3.96. The maximum Gasteiger partial charge on any atom is 0.497 e. The minimum atomic E-state index is -0.638. The highest BCUT2D eigenvalue weighted by Crippen LogP contribution is 2.40. The molecule has 1 aromatic carbocycles. The lowest BCUT2D eigenvalue weighted by Gasteiger charge is -2.32. The lowest BCUT2D eigenvalue weighted by atomic mass is 9.77. The van der Waals surface area contributed by atoms with Crippen LogP contribution >= 0.6 is 12.8 Å². The second-order valence-electron chi connectivity index (χ2n) is 8.99. The summed E-state index contributed by atoms with van der Waals surface area (Å²) in [5, 5.41) is 3.36. The number of hydrogen-bond donors (Lipinski definition) is 2. The van der Waals surface area contributed by atoms with Gasteiger partial charge in [-0.05, 0) is 39.8 Å². The van der Waals surface area contributed by atoms with E-state index in [0.29, 0.717) is 33.7 Å². The molecule has 0 spiro atoms. The smallest absolute Gasteiger partial charge is 0.481 e. The van der Waals surface area contributed by atoms with Crippen LogP contribution in [0.4, 0.5) is 5.69 Å². The fraction of sp³-hybridized carbons (Fsp3) is 0.391. The highest BCUT2D eigenvalue weighted by molar-refractivity contribution is 7.81. The summed E-state index contributed by atoms with van der Waals surface area (Å²) >= 11 is 4.53. The zero-order valence-electron chi connectivity index (χ0n) is 19.8. The molecule has 1 amide bonds. The van der Waals surface area contributed by atoms with E-state index in [2.05, 4.69) is 23.1 Å². The summed E-state index contributed by atoms with van der Waals surface area (Å²) in [6.45, 7) is 7.99. The molecular weight excluding hydrogens is 441 g/mol. The van der Waals surface area contributed by atoms with Crippen LogP contribution in [-0.2, 0) is 9.31 Å². The number of carbonyl (C=O) groups excluding carboxylic acids is 1. The van der Waals surface area contributed by atoms with Gasteiger partial charge in [-0.1, -0.05) is 12.8 Å². The Kier molecular flexibility index (Phi) is 5.88. The van der Waals surface area contributed by atoms with Gasteiger partial charge in [0.25, 0.3) is 5.91 Å². The Morgan fingerprint density at radius 3 is 2.42 bits per heavy atom. The molecule has 0 atom stereocenters. The zero-order valence-corrected chi connectivity index (χ0v) is 20.7. The van der Waals surface area contributed by atoms with Crippen LogP contribution in [0.3, 0.4) is 0 Å². The number of ether oxygens (including phenoxy) is 1. The van der Waals surface area contributed by atoms with E-state index in [0.717, 1.165) is 11.2 Å². The number of furan rings is 1. The van der Waals surface area contributed by atoms with Crippen molar-refractivity contribution in [3.63, 3.8) is 0 Å². The molecule has 33 heavy (non-hydrogen) atoms. The lowest BCUT2D eigenvalue weighted by Crippen LogP contribution is -2.41. The van der Waals surface area contributed by atoms with Crippen molar-refractivity contribution < 1.29 is 23.3 Å². The molecule has 0 bridgehead atoms. The number of anilines is 1. The van der Waals surface area contributed by atoms with E-state index in [1.54, 1.807) is 29.7 Å². The molecule has 1 N–H and O–H groups in total. The Hall–Kier alpha value is -2.69. The van der Waals surface area contributed by atoms with E-state index in [-0.39, 0.29) is 5.91 Å². The molecule has 1 saturated heterocycles. The number of thiol groups is 1. The third-order valence-electron chi connectivity index (χ3n) is 6.35. The van der Waals surface area contributed by atoms with Crippen molar-refractivity contribution in [2.24, 2.45) is 0 Å². The Balaban J connectivity index is 1.96. The molecule has 8 nitrogen and oxygen atoms in total. The number of amides is 1. The SMILES string of the molecule is CNC(=O)c1c(-c2ccnc(OC)c2)oc2cc(N(C)S)c(B3OC(C)(C)C(C)(C)O3)cc12. The van der Waals surface area contributed by atoms with E-state index < -0.39 is 18.3 Å². The fourth-order valence-electron chi connectivity index (χ4n) is 3.80. The van der Waals surface area contributed by atoms with Crippen LogP contribution in [0.5, 0.6) is 5.88 Å². The molecular formula is C23H28BN3O5S. The molecule has 3 aromatic rings. The van der Waals surface area contributed by atoms with E-state index >= 15 is 0 Å². The van der Waals surface area contributed by atoms with Gasteiger partial charge in [0.15, 0.2) is 0 Å². The van der Waals surface area contributed by atoms with Crippen LogP contribution in [0.15, 0.2) is 34.9 Å². The van der Waals surface area contributed by atoms with E-state index in [1.165, 1.54) is 7.11 Å². The monoisotopic (exact) mass is 469 g/mol. The number of nitrogens with one attached hydrogen (secondary N) is 1. The second-order valence-corrected chi connectivity index (χ2v) is 9.59. The van der Waals surface area contributed by atoms with Gasteiger partial charge in [-0.3, -0.25) is 4.79 Å². The van der Waals surface area contributed by atoms with Crippen molar-refractivity contribution in [3.05, 3.63) is 36.0 Å². The molecule has 0 aliphatic carbocycles. The first-order valence-corrected chi connectivity index (χ1v) is 11.0. The van der Waals surface area contributed by atoms with E-state index in [4.69, 9.17) is 18.5 Å².